The van der Waals surface area contributed by atoms with Crippen LogP contribution in [-0.4, -0.2) is 24.2 Å². The second kappa shape index (κ2) is 7.80. The molecule has 0 fully saturated rings. The van der Waals surface area contributed by atoms with Crippen LogP contribution in [0, 0.1) is 5.82 Å². The van der Waals surface area contributed by atoms with E-state index in [1.165, 1.54) is 42.7 Å². The zero-order valence-electron chi connectivity index (χ0n) is 15.2. The van der Waals surface area contributed by atoms with E-state index in [0.29, 0.717) is 11.0 Å². The van der Waals surface area contributed by atoms with Gasteiger partial charge in [-0.2, -0.15) is 0 Å². The highest BCUT2D eigenvalue weighted by atomic mass is 35.5. The van der Waals surface area contributed by atoms with Gasteiger partial charge in [0, 0.05) is 17.8 Å². The third kappa shape index (κ3) is 3.58. The van der Waals surface area contributed by atoms with Crippen molar-refractivity contribution >= 4 is 58.7 Å². The SMILES string of the molecule is O=C(c1c(P)ccc(NS(=O)(=O)c2ccccc2)c1F)c1c[nH]c2nccc(Cl)c12. The van der Waals surface area contributed by atoms with Gasteiger partial charge in [0.15, 0.2) is 11.6 Å². The average molecular weight is 462 g/mol. The molecule has 0 aliphatic rings. The van der Waals surface area contributed by atoms with Gasteiger partial charge in [0.1, 0.15) is 5.65 Å². The van der Waals surface area contributed by atoms with Crippen molar-refractivity contribution in [2.75, 3.05) is 4.72 Å². The van der Waals surface area contributed by atoms with Crippen LogP contribution in [0.3, 0.4) is 0 Å². The number of aromatic amines is 1. The van der Waals surface area contributed by atoms with Crippen LogP contribution in [0.1, 0.15) is 15.9 Å². The summed E-state index contributed by atoms with van der Waals surface area (Å²) < 4.78 is 42.6. The normalized spacial score (nSPS) is 11.6. The van der Waals surface area contributed by atoms with Gasteiger partial charge in [-0.05, 0) is 29.6 Å². The average Bonchev–Trinajstić information content (AvgIpc) is 3.16. The Labute approximate surface area is 178 Å². The molecule has 0 bridgehead atoms. The molecular weight excluding hydrogens is 448 g/mol. The van der Waals surface area contributed by atoms with Gasteiger partial charge in [-0.25, -0.2) is 17.8 Å². The Kier molecular flexibility index (Phi) is 5.32. The van der Waals surface area contributed by atoms with Crippen molar-refractivity contribution < 1.29 is 17.6 Å². The van der Waals surface area contributed by atoms with Gasteiger partial charge < -0.3 is 4.98 Å². The molecule has 0 aliphatic carbocycles. The van der Waals surface area contributed by atoms with Gasteiger partial charge in [-0.1, -0.05) is 35.9 Å². The topological polar surface area (TPSA) is 91.9 Å². The number of sulfonamides is 1. The van der Waals surface area contributed by atoms with Gasteiger partial charge in [-0.3, -0.25) is 9.52 Å². The first-order chi connectivity index (χ1) is 14.3. The fourth-order valence-electron chi connectivity index (χ4n) is 3.03. The molecule has 0 saturated carbocycles. The van der Waals surface area contributed by atoms with E-state index >= 15 is 4.39 Å². The Balaban J connectivity index is 1.79. The number of rotatable bonds is 5. The molecule has 4 rings (SSSR count). The maximum absolute atomic E-state index is 15.3. The number of hydrogen-bond acceptors (Lipinski definition) is 4. The molecule has 2 aromatic heterocycles. The number of halogens is 2. The van der Waals surface area contributed by atoms with Crippen LogP contribution in [0.25, 0.3) is 11.0 Å². The van der Waals surface area contributed by atoms with Crippen LogP contribution >= 0.6 is 20.8 Å². The minimum absolute atomic E-state index is 0.0262. The fraction of sp³-hybridized carbons (Fsp3) is 0. The molecule has 0 spiro atoms. The number of fused-ring (bicyclic) bond motifs is 1. The highest BCUT2D eigenvalue weighted by Gasteiger charge is 2.25. The number of hydrogen-bond donors (Lipinski definition) is 2. The molecule has 0 amide bonds. The maximum atomic E-state index is 15.3. The largest absolute Gasteiger partial charge is 0.345 e. The van der Waals surface area contributed by atoms with Crippen LogP contribution in [0.15, 0.2) is 65.8 Å². The summed E-state index contributed by atoms with van der Waals surface area (Å²) in [4.78, 5) is 20.1. The molecule has 152 valence electrons. The van der Waals surface area contributed by atoms with Crippen molar-refractivity contribution in [2.24, 2.45) is 0 Å². The predicted molar refractivity (Wildman–Crippen MR) is 118 cm³/mol. The monoisotopic (exact) mass is 461 g/mol. The minimum Gasteiger partial charge on any atom is -0.345 e. The van der Waals surface area contributed by atoms with Crippen LogP contribution in [0.2, 0.25) is 5.02 Å². The fourth-order valence-corrected chi connectivity index (χ4v) is 4.72. The third-order valence-corrected chi connectivity index (χ3v) is 6.64. The summed E-state index contributed by atoms with van der Waals surface area (Å²) in [5.41, 5.74) is -0.0992. The van der Waals surface area contributed by atoms with E-state index in [1.54, 1.807) is 18.2 Å². The molecule has 0 saturated heterocycles. The van der Waals surface area contributed by atoms with Crippen molar-refractivity contribution in [3.05, 3.63) is 82.9 Å². The number of carbonyl (C=O) groups excluding carboxylic acids is 1. The van der Waals surface area contributed by atoms with Crippen molar-refractivity contribution in [1.82, 2.24) is 9.97 Å². The molecule has 0 radical (unpaired) electrons. The van der Waals surface area contributed by atoms with E-state index in [2.05, 4.69) is 23.9 Å². The summed E-state index contributed by atoms with van der Waals surface area (Å²) in [5.74, 6) is -1.64. The highest BCUT2D eigenvalue weighted by molar-refractivity contribution is 7.92. The lowest BCUT2D eigenvalue weighted by Gasteiger charge is -2.13. The van der Waals surface area contributed by atoms with Gasteiger partial charge in [0.2, 0.25) is 0 Å². The van der Waals surface area contributed by atoms with Crippen LogP contribution in [0.4, 0.5) is 10.1 Å². The maximum Gasteiger partial charge on any atom is 0.261 e. The standard InChI is InChI=1S/C20H14ClFN3O3PS/c21-13-8-9-23-20-16(13)12(10-24-20)19(26)17-15(29)7-6-14(18(17)22)25-30(27,28)11-4-2-1-3-5-11/h1-10,25H,29H2,(H,23,24). The highest BCUT2D eigenvalue weighted by Crippen LogP contribution is 2.29. The van der Waals surface area contributed by atoms with E-state index < -0.39 is 21.6 Å². The number of ketones is 1. The van der Waals surface area contributed by atoms with E-state index in [4.69, 9.17) is 11.6 Å². The molecule has 2 aromatic carbocycles. The van der Waals surface area contributed by atoms with Crippen LogP contribution < -0.4 is 10.0 Å². The van der Waals surface area contributed by atoms with Crippen molar-refractivity contribution in [3.63, 3.8) is 0 Å². The van der Waals surface area contributed by atoms with E-state index in [-0.39, 0.29) is 32.0 Å². The zero-order valence-corrected chi connectivity index (χ0v) is 17.9. The Morgan fingerprint density at radius 3 is 2.60 bits per heavy atom. The lowest BCUT2D eigenvalue weighted by molar-refractivity contribution is 0.103. The Morgan fingerprint density at radius 1 is 1.13 bits per heavy atom. The van der Waals surface area contributed by atoms with Crippen molar-refractivity contribution in [1.29, 1.82) is 0 Å². The molecule has 0 aliphatic heterocycles. The molecule has 1 unspecified atom stereocenters. The van der Waals surface area contributed by atoms with Gasteiger partial charge in [0.25, 0.3) is 10.0 Å². The van der Waals surface area contributed by atoms with E-state index in [9.17, 15) is 13.2 Å². The lowest BCUT2D eigenvalue weighted by atomic mass is 10.0. The van der Waals surface area contributed by atoms with Gasteiger partial charge in [0.05, 0.1) is 26.7 Å². The second-order valence-corrected chi connectivity index (χ2v) is 9.07. The van der Waals surface area contributed by atoms with E-state index in [1.807, 2.05) is 0 Å². The molecule has 2 N–H and O–H groups in total. The lowest BCUT2D eigenvalue weighted by Crippen LogP contribution is -2.19. The summed E-state index contributed by atoms with van der Waals surface area (Å²) in [6, 6.07) is 11.8. The Bertz CT molecular complexity index is 1390. The number of H-pyrrole nitrogens is 1. The first kappa shape index (κ1) is 20.5. The molecule has 2 heterocycles. The molecule has 30 heavy (non-hydrogen) atoms. The molecule has 6 nitrogen and oxygen atoms in total. The molecule has 4 aromatic rings. The summed E-state index contributed by atoms with van der Waals surface area (Å²) in [7, 11) is -1.75. The third-order valence-electron chi connectivity index (χ3n) is 4.47. The number of anilines is 1. The number of benzene rings is 2. The first-order valence-corrected chi connectivity index (χ1v) is 11.1. The number of nitrogens with zero attached hydrogens (tertiary/aromatic N) is 1. The van der Waals surface area contributed by atoms with Crippen LogP contribution in [0.5, 0.6) is 0 Å². The number of nitrogens with one attached hydrogen (secondary N) is 2. The summed E-state index contributed by atoms with van der Waals surface area (Å²) in [6.07, 6.45) is 2.88. The smallest absolute Gasteiger partial charge is 0.261 e. The van der Waals surface area contributed by atoms with Crippen molar-refractivity contribution in [3.8, 4) is 0 Å². The molecular formula is C20H14ClFN3O3PS. The predicted octanol–water partition coefficient (Wildman–Crippen LogP) is 3.89. The summed E-state index contributed by atoms with van der Waals surface area (Å²) in [6.45, 7) is 0. The summed E-state index contributed by atoms with van der Waals surface area (Å²) in [5, 5.41) is 0.925. The molecule has 1 atom stereocenters. The van der Waals surface area contributed by atoms with Crippen LogP contribution in [-0.2, 0) is 10.0 Å². The van der Waals surface area contributed by atoms with Gasteiger partial charge >= 0.3 is 0 Å². The molecule has 10 heteroatoms. The van der Waals surface area contributed by atoms with E-state index in [0.717, 1.165) is 0 Å². The first-order valence-electron chi connectivity index (χ1n) is 8.61. The zero-order chi connectivity index (χ0) is 21.5. The number of aromatic nitrogens is 2. The van der Waals surface area contributed by atoms with Gasteiger partial charge in [-0.15, -0.1) is 9.24 Å². The Morgan fingerprint density at radius 2 is 1.87 bits per heavy atom. The second-order valence-electron chi connectivity index (χ2n) is 6.36. The minimum atomic E-state index is -4.03. The quantitative estimate of drug-likeness (QED) is 0.348. The number of carbonyl (C=O) groups is 1. The summed E-state index contributed by atoms with van der Waals surface area (Å²) >= 11 is 6.20. The van der Waals surface area contributed by atoms with Crippen molar-refractivity contribution in [2.45, 2.75) is 4.90 Å². The number of pyridine rings is 1. The Hall–Kier alpha value is -2.80.